The van der Waals surface area contributed by atoms with Crippen LogP contribution in [-0.2, 0) is 16.0 Å². The van der Waals surface area contributed by atoms with Crippen molar-refractivity contribution in [3.05, 3.63) is 48.0 Å². The Kier molecular flexibility index (Phi) is 5.69. The predicted molar refractivity (Wildman–Crippen MR) is 100 cm³/mol. The summed E-state index contributed by atoms with van der Waals surface area (Å²) in [6.45, 7) is 2.61. The van der Waals surface area contributed by atoms with Gasteiger partial charge in [0.25, 0.3) is 0 Å². The zero-order chi connectivity index (χ0) is 17.6. The van der Waals surface area contributed by atoms with Gasteiger partial charge in [-0.2, -0.15) is 0 Å². The number of carbonyl (C=O) groups excluding carboxylic acids is 2. The first kappa shape index (κ1) is 17.5. The largest absolute Gasteiger partial charge is 0.356 e. The van der Waals surface area contributed by atoms with Crippen LogP contribution in [0.4, 0.5) is 0 Å². The molecule has 2 N–H and O–H groups in total. The van der Waals surface area contributed by atoms with Crippen LogP contribution < -0.4 is 10.6 Å². The van der Waals surface area contributed by atoms with Crippen LogP contribution >= 0.6 is 0 Å². The molecule has 0 aromatic heterocycles. The van der Waals surface area contributed by atoms with Gasteiger partial charge in [0.2, 0.25) is 11.8 Å². The number of carbonyl (C=O) groups is 2. The van der Waals surface area contributed by atoms with Crippen LogP contribution in [0.5, 0.6) is 0 Å². The lowest BCUT2D eigenvalue weighted by atomic mass is 10.0. The van der Waals surface area contributed by atoms with Crippen LogP contribution in [0.2, 0.25) is 0 Å². The van der Waals surface area contributed by atoms with Crippen molar-refractivity contribution in [3.63, 3.8) is 0 Å². The van der Waals surface area contributed by atoms with Gasteiger partial charge in [0, 0.05) is 24.9 Å². The summed E-state index contributed by atoms with van der Waals surface area (Å²) in [7, 11) is 0. The summed E-state index contributed by atoms with van der Waals surface area (Å²) in [5, 5.41) is 8.40. The third-order valence-corrected chi connectivity index (χ3v) is 4.59. The predicted octanol–water partition coefficient (Wildman–Crippen LogP) is 3.19. The van der Waals surface area contributed by atoms with E-state index >= 15 is 0 Å². The molecule has 2 aromatic rings. The molecule has 1 saturated carbocycles. The monoisotopic (exact) mass is 338 g/mol. The lowest BCUT2D eigenvalue weighted by Crippen LogP contribution is -2.34. The maximum atomic E-state index is 12.0. The number of rotatable bonds is 8. The fourth-order valence-electron chi connectivity index (χ4n) is 3.07. The van der Waals surface area contributed by atoms with Crippen molar-refractivity contribution < 1.29 is 9.59 Å². The minimum Gasteiger partial charge on any atom is -0.356 e. The van der Waals surface area contributed by atoms with Crippen molar-refractivity contribution in [3.8, 4) is 0 Å². The van der Waals surface area contributed by atoms with Crippen molar-refractivity contribution in [2.45, 2.75) is 45.1 Å². The zero-order valence-electron chi connectivity index (χ0n) is 14.8. The Morgan fingerprint density at radius 2 is 1.88 bits per heavy atom. The number of hydrogen-bond donors (Lipinski definition) is 2. The molecule has 2 aromatic carbocycles. The Balaban J connectivity index is 1.39. The summed E-state index contributed by atoms with van der Waals surface area (Å²) in [6, 6.07) is 14.8. The third-order valence-electron chi connectivity index (χ3n) is 4.59. The van der Waals surface area contributed by atoms with Gasteiger partial charge < -0.3 is 10.6 Å². The third kappa shape index (κ3) is 5.31. The van der Waals surface area contributed by atoms with Crippen LogP contribution in [-0.4, -0.2) is 24.4 Å². The molecule has 0 heterocycles. The molecule has 1 atom stereocenters. The van der Waals surface area contributed by atoms with Gasteiger partial charge in [-0.3, -0.25) is 9.59 Å². The molecule has 4 heteroatoms. The minimum absolute atomic E-state index is 0.0500. The van der Waals surface area contributed by atoms with Crippen molar-refractivity contribution in [2.24, 2.45) is 5.92 Å². The van der Waals surface area contributed by atoms with E-state index in [9.17, 15) is 9.59 Å². The van der Waals surface area contributed by atoms with Crippen molar-refractivity contribution in [1.29, 1.82) is 0 Å². The van der Waals surface area contributed by atoms with E-state index in [0.29, 0.717) is 19.4 Å². The highest BCUT2D eigenvalue weighted by molar-refractivity contribution is 5.83. The molecule has 3 rings (SSSR count). The van der Waals surface area contributed by atoms with Gasteiger partial charge in [0.15, 0.2) is 0 Å². The summed E-state index contributed by atoms with van der Waals surface area (Å²) in [4.78, 5) is 23.5. The highest BCUT2D eigenvalue weighted by Gasteiger charge is 2.28. The maximum absolute atomic E-state index is 12.0. The molecular formula is C21H26N2O2. The van der Waals surface area contributed by atoms with Crippen LogP contribution in [0.3, 0.4) is 0 Å². The van der Waals surface area contributed by atoms with Gasteiger partial charge in [-0.25, -0.2) is 0 Å². The van der Waals surface area contributed by atoms with E-state index < -0.39 is 0 Å². The van der Waals surface area contributed by atoms with Crippen LogP contribution in [0.15, 0.2) is 42.5 Å². The van der Waals surface area contributed by atoms with Crippen LogP contribution in [0.25, 0.3) is 10.8 Å². The highest BCUT2D eigenvalue weighted by Crippen LogP contribution is 2.28. The van der Waals surface area contributed by atoms with E-state index in [1.807, 2.05) is 19.1 Å². The highest BCUT2D eigenvalue weighted by atomic mass is 16.2. The number of fused-ring (bicyclic) bond motifs is 1. The molecular weight excluding hydrogens is 312 g/mol. The Labute approximate surface area is 149 Å². The Bertz CT molecular complexity index is 752. The molecule has 1 fully saturated rings. The molecule has 0 aliphatic heterocycles. The van der Waals surface area contributed by atoms with Crippen molar-refractivity contribution in [1.82, 2.24) is 10.6 Å². The van der Waals surface area contributed by atoms with Crippen LogP contribution in [0.1, 0.15) is 38.2 Å². The average Bonchev–Trinajstić information content (AvgIpc) is 3.43. The van der Waals surface area contributed by atoms with E-state index in [-0.39, 0.29) is 23.8 Å². The first-order chi connectivity index (χ1) is 12.1. The first-order valence-electron chi connectivity index (χ1n) is 9.16. The number of hydrogen-bond acceptors (Lipinski definition) is 2. The number of amides is 2. The summed E-state index contributed by atoms with van der Waals surface area (Å²) in [5.74, 6) is 0.426. The Morgan fingerprint density at radius 3 is 2.64 bits per heavy atom. The summed E-state index contributed by atoms with van der Waals surface area (Å²) < 4.78 is 0. The minimum atomic E-state index is 0.0500. The van der Waals surface area contributed by atoms with Gasteiger partial charge in [0.1, 0.15) is 0 Å². The van der Waals surface area contributed by atoms with Gasteiger partial charge in [0.05, 0.1) is 0 Å². The molecule has 25 heavy (non-hydrogen) atoms. The van der Waals surface area contributed by atoms with Crippen molar-refractivity contribution >= 4 is 22.6 Å². The molecule has 0 radical (unpaired) electrons. The standard InChI is InChI=1S/C21H26N2O2/c1-15(13-16-8-9-17-5-2-3-6-19(17)14-16)23-20(24)7-4-12-22-21(25)18-10-11-18/h2-3,5-6,8-9,14-15,18H,4,7,10-13H2,1H3,(H,22,25)(H,23,24)/t15-/m1/s1. The number of benzene rings is 2. The second kappa shape index (κ2) is 8.15. The van der Waals surface area contributed by atoms with Gasteiger partial charge in [-0.05, 0) is 48.9 Å². The molecule has 0 spiro atoms. The smallest absolute Gasteiger partial charge is 0.223 e. The topological polar surface area (TPSA) is 58.2 Å². The lowest BCUT2D eigenvalue weighted by Gasteiger charge is -2.14. The molecule has 132 valence electrons. The molecule has 1 aliphatic rings. The molecule has 1 aliphatic carbocycles. The van der Waals surface area contributed by atoms with Gasteiger partial charge >= 0.3 is 0 Å². The van der Waals surface area contributed by atoms with E-state index in [2.05, 4.69) is 41.0 Å². The normalized spacial score (nSPS) is 14.9. The van der Waals surface area contributed by atoms with Crippen LogP contribution in [0, 0.1) is 5.92 Å². The van der Waals surface area contributed by atoms with Crippen molar-refractivity contribution in [2.75, 3.05) is 6.54 Å². The number of nitrogens with one attached hydrogen (secondary N) is 2. The summed E-state index contributed by atoms with van der Waals surface area (Å²) in [5.41, 5.74) is 1.23. The quantitative estimate of drug-likeness (QED) is 0.726. The molecule has 0 unspecified atom stereocenters. The SMILES string of the molecule is C[C@H](Cc1ccc2ccccc2c1)NC(=O)CCCNC(=O)C1CC1. The molecule has 0 bridgehead atoms. The summed E-state index contributed by atoms with van der Waals surface area (Å²) >= 11 is 0. The van der Waals surface area contributed by atoms with E-state index in [1.165, 1.54) is 16.3 Å². The van der Waals surface area contributed by atoms with E-state index in [0.717, 1.165) is 19.3 Å². The molecule has 2 amide bonds. The Morgan fingerprint density at radius 1 is 1.12 bits per heavy atom. The van der Waals surface area contributed by atoms with Gasteiger partial charge in [-0.1, -0.05) is 42.5 Å². The van der Waals surface area contributed by atoms with E-state index in [1.54, 1.807) is 0 Å². The molecule has 4 nitrogen and oxygen atoms in total. The summed E-state index contributed by atoms with van der Waals surface area (Å²) in [6.07, 6.45) is 3.98. The van der Waals surface area contributed by atoms with E-state index in [4.69, 9.17) is 0 Å². The Hall–Kier alpha value is -2.36. The fraction of sp³-hybridized carbons (Fsp3) is 0.429. The zero-order valence-corrected chi connectivity index (χ0v) is 14.8. The van der Waals surface area contributed by atoms with Gasteiger partial charge in [-0.15, -0.1) is 0 Å². The lowest BCUT2D eigenvalue weighted by molar-refractivity contribution is -0.123. The second-order valence-corrected chi connectivity index (χ2v) is 7.02. The second-order valence-electron chi connectivity index (χ2n) is 7.02. The molecule has 0 saturated heterocycles. The fourth-order valence-corrected chi connectivity index (χ4v) is 3.07. The maximum Gasteiger partial charge on any atom is 0.223 e. The first-order valence-corrected chi connectivity index (χ1v) is 9.16. The average molecular weight is 338 g/mol.